The van der Waals surface area contributed by atoms with Crippen molar-refractivity contribution in [2.24, 2.45) is 0 Å². The summed E-state index contributed by atoms with van der Waals surface area (Å²) >= 11 is 0. The van der Waals surface area contributed by atoms with Gasteiger partial charge in [-0.05, 0) is 28.8 Å². The molecule has 5 nitrogen and oxygen atoms in total. The Labute approximate surface area is 182 Å². The minimum Gasteiger partial charge on any atom is -0.334 e. The van der Waals surface area contributed by atoms with Gasteiger partial charge in [0, 0.05) is 19.5 Å². The molecular formula is C24H25FN2O3S. The van der Waals surface area contributed by atoms with Gasteiger partial charge in [0.1, 0.15) is 5.82 Å². The first kappa shape index (κ1) is 22.7. The number of amides is 1. The van der Waals surface area contributed by atoms with E-state index in [1.54, 1.807) is 4.90 Å². The van der Waals surface area contributed by atoms with Crippen LogP contribution in [-0.4, -0.2) is 25.5 Å². The van der Waals surface area contributed by atoms with Crippen molar-refractivity contribution in [2.45, 2.75) is 25.6 Å². The van der Waals surface area contributed by atoms with Crippen molar-refractivity contribution in [3.8, 4) is 0 Å². The molecule has 31 heavy (non-hydrogen) atoms. The molecule has 3 aromatic carbocycles. The molecule has 7 heteroatoms. The average Bonchev–Trinajstić information content (AvgIpc) is 2.74. The van der Waals surface area contributed by atoms with Gasteiger partial charge in [-0.2, -0.15) is 0 Å². The molecule has 3 rings (SSSR count). The summed E-state index contributed by atoms with van der Waals surface area (Å²) in [5.41, 5.74) is 2.47. The van der Waals surface area contributed by atoms with Crippen LogP contribution in [0, 0.1) is 5.82 Å². The number of halogens is 1. The first-order valence-corrected chi connectivity index (χ1v) is 11.8. The fourth-order valence-corrected chi connectivity index (χ4v) is 4.06. The van der Waals surface area contributed by atoms with Gasteiger partial charge in [-0.25, -0.2) is 17.5 Å². The zero-order chi connectivity index (χ0) is 22.3. The summed E-state index contributed by atoms with van der Waals surface area (Å²) in [4.78, 5) is 15.0. The van der Waals surface area contributed by atoms with Gasteiger partial charge in [-0.15, -0.1) is 0 Å². The van der Waals surface area contributed by atoms with Crippen LogP contribution < -0.4 is 4.72 Å². The molecule has 0 aliphatic carbocycles. The second-order valence-electron chi connectivity index (χ2n) is 7.42. The number of carbonyl (C=O) groups is 1. The minimum absolute atomic E-state index is 0.0850. The molecule has 1 amide bonds. The third-order valence-corrected chi connectivity index (χ3v) is 5.51. The summed E-state index contributed by atoms with van der Waals surface area (Å²) in [5, 5.41) is 0. The largest absolute Gasteiger partial charge is 0.334 e. The molecular weight excluding hydrogens is 415 g/mol. The summed E-state index contributed by atoms with van der Waals surface area (Å²) in [5.74, 6) is -0.638. The summed E-state index contributed by atoms with van der Waals surface area (Å²) in [6.45, 7) is 0.785. The number of benzene rings is 3. The molecule has 1 N–H and O–H groups in total. The number of nitrogens with one attached hydrogen (secondary N) is 1. The van der Waals surface area contributed by atoms with E-state index in [1.807, 2.05) is 60.7 Å². The fourth-order valence-electron chi connectivity index (χ4n) is 3.32. The molecule has 0 aliphatic heterocycles. The van der Waals surface area contributed by atoms with Crippen LogP contribution >= 0.6 is 0 Å². The number of hydrogen-bond acceptors (Lipinski definition) is 3. The molecule has 1 atom stereocenters. The highest BCUT2D eigenvalue weighted by Gasteiger charge is 2.23. The number of hydrogen-bond donors (Lipinski definition) is 1. The number of carbonyl (C=O) groups excluding carboxylic acids is 1. The lowest BCUT2D eigenvalue weighted by atomic mass is 10.0. The molecule has 0 fully saturated rings. The normalized spacial score (nSPS) is 12.3. The van der Waals surface area contributed by atoms with E-state index in [9.17, 15) is 17.6 Å². The first-order chi connectivity index (χ1) is 14.8. The van der Waals surface area contributed by atoms with Gasteiger partial charge in [0.15, 0.2) is 0 Å². The van der Waals surface area contributed by atoms with Crippen LogP contribution in [0.5, 0.6) is 0 Å². The predicted molar refractivity (Wildman–Crippen MR) is 119 cm³/mol. The Morgan fingerprint density at radius 1 is 0.871 bits per heavy atom. The SMILES string of the molecule is CS(=O)(=O)N[C@@H](CC(=O)N(Cc1ccccc1)Cc1ccccc1)c1ccc(F)cc1. The third-order valence-electron chi connectivity index (χ3n) is 4.79. The van der Waals surface area contributed by atoms with E-state index in [0.717, 1.165) is 17.4 Å². The van der Waals surface area contributed by atoms with E-state index in [-0.39, 0.29) is 12.3 Å². The summed E-state index contributed by atoms with van der Waals surface area (Å²) < 4.78 is 39.7. The predicted octanol–water partition coefficient (Wildman–Crippen LogP) is 4.04. The van der Waals surface area contributed by atoms with Crippen molar-refractivity contribution < 1.29 is 17.6 Å². The fraction of sp³-hybridized carbons (Fsp3) is 0.208. The van der Waals surface area contributed by atoms with Crippen molar-refractivity contribution >= 4 is 15.9 Å². The van der Waals surface area contributed by atoms with Crippen molar-refractivity contribution in [2.75, 3.05) is 6.26 Å². The van der Waals surface area contributed by atoms with Crippen LogP contribution in [0.2, 0.25) is 0 Å². The van der Waals surface area contributed by atoms with Gasteiger partial charge in [-0.3, -0.25) is 4.79 Å². The molecule has 0 saturated heterocycles. The van der Waals surface area contributed by atoms with E-state index in [0.29, 0.717) is 18.7 Å². The molecule has 0 aliphatic rings. The summed E-state index contributed by atoms with van der Waals surface area (Å²) in [6.07, 6.45) is 0.956. The van der Waals surface area contributed by atoms with Crippen molar-refractivity contribution in [3.05, 3.63) is 107 Å². The molecule has 0 bridgehead atoms. The van der Waals surface area contributed by atoms with Gasteiger partial charge < -0.3 is 4.90 Å². The molecule has 3 aromatic rings. The van der Waals surface area contributed by atoms with Crippen LogP contribution in [0.4, 0.5) is 4.39 Å². The molecule has 0 saturated carbocycles. The highest BCUT2D eigenvalue weighted by molar-refractivity contribution is 7.88. The second-order valence-corrected chi connectivity index (χ2v) is 9.20. The van der Waals surface area contributed by atoms with Crippen LogP contribution in [0.25, 0.3) is 0 Å². The molecule has 0 radical (unpaired) electrons. The Hall–Kier alpha value is -3.03. The summed E-state index contributed by atoms with van der Waals surface area (Å²) in [7, 11) is -3.59. The van der Waals surface area contributed by atoms with Crippen molar-refractivity contribution in [1.82, 2.24) is 9.62 Å². The quantitative estimate of drug-likeness (QED) is 0.546. The summed E-state index contributed by atoms with van der Waals surface area (Å²) in [6, 6.07) is 23.9. The Morgan fingerprint density at radius 3 is 1.81 bits per heavy atom. The van der Waals surface area contributed by atoms with E-state index < -0.39 is 21.9 Å². The van der Waals surface area contributed by atoms with E-state index in [2.05, 4.69) is 4.72 Å². The van der Waals surface area contributed by atoms with E-state index in [4.69, 9.17) is 0 Å². The lowest BCUT2D eigenvalue weighted by Gasteiger charge is -2.26. The van der Waals surface area contributed by atoms with Gasteiger partial charge in [0.05, 0.1) is 12.3 Å². The minimum atomic E-state index is -3.59. The molecule has 0 heterocycles. The third kappa shape index (κ3) is 7.31. The topological polar surface area (TPSA) is 66.5 Å². The number of nitrogens with zero attached hydrogens (tertiary/aromatic N) is 1. The molecule has 0 unspecified atom stereocenters. The Balaban J connectivity index is 1.85. The number of rotatable bonds is 9. The zero-order valence-corrected chi connectivity index (χ0v) is 18.1. The first-order valence-electron chi connectivity index (χ1n) is 9.88. The van der Waals surface area contributed by atoms with Gasteiger partial charge in [0.2, 0.25) is 15.9 Å². The lowest BCUT2D eigenvalue weighted by Crippen LogP contribution is -2.35. The molecule has 162 valence electrons. The standard InChI is InChI=1S/C24H25FN2O3S/c1-31(29,30)26-23(21-12-14-22(25)15-13-21)16-24(28)27(17-19-8-4-2-5-9-19)18-20-10-6-3-7-11-20/h2-15,23,26H,16-18H2,1H3/t23-/m0/s1. The lowest BCUT2D eigenvalue weighted by molar-refractivity contribution is -0.133. The van der Waals surface area contributed by atoms with Crippen LogP contribution in [-0.2, 0) is 27.9 Å². The molecule has 0 spiro atoms. The highest BCUT2D eigenvalue weighted by atomic mass is 32.2. The number of sulfonamides is 1. The van der Waals surface area contributed by atoms with Crippen molar-refractivity contribution in [3.63, 3.8) is 0 Å². The second kappa shape index (κ2) is 10.3. The van der Waals surface area contributed by atoms with Gasteiger partial charge in [-0.1, -0.05) is 72.8 Å². The van der Waals surface area contributed by atoms with Crippen molar-refractivity contribution in [1.29, 1.82) is 0 Å². The molecule has 0 aromatic heterocycles. The van der Waals surface area contributed by atoms with E-state index in [1.165, 1.54) is 24.3 Å². The van der Waals surface area contributed by atoms with Crippen LogP contribution in [0.3, 0.4) is 0 Å². The van der Waals surface area contributed by atoms with Gasteiger partial charge >= 0.3 is 0 Å². The Morgan fingerprint density at radius 2 is 1.35 bits per heavy atom. The maximum atomic E-state index is 13.3. The van der Waals surface area contributed by atoms with Crippen LogP contribution in [0.1, 0.15) is 29.2 Å². The maximum Gasteiger partial charge on any atom is 0.225 e. The zero-order valence-electron chi connectivity index (χ0n) is 17.2. The maximum absolute atomic E-state index is 13.3. The van der Waals surface area contributed by atoms with E-state index >= 15 is 0 Å². The van der Waals surface area contributed by atoms with Crippen LogP contribution in [0.15, 0.2) is 84.9 Å². The van der Waals surface area contributed by atoms with Gasteiger partial charge in [0.25, 0.3) is 0 Å². The monoisotopic (exact) mass is 440 g/mol. The Kier molecular flexibility index (Phi) is 7.55. The highest BCUT2D eigenvalue weighted by Crippen LogP contribution is 2.21. The smallest absolute Gasteiger partial charge is 0.225 e. The Bertz CT molecular complexity index is 1050. The average molecular weight is 441 g/mol.